The van der Waals surface area contributed by atoms with E-state index in [0.717, 1.165) is 5.69 Å². The largest absolute Gasteiger partial charge is 0.334 e. The Bertz CT molecular complexity index is 1000. The molecule has 0 aliphatic rings. The van der Waals surface area contributed by atoms with Gasteiger partial charge in [-0.05, 0) is 24.3 Å². The van der Waals surface area contributed by atoms with Crippen molar-refractivity contribution in [1.82, 2.24) is 14.5 Å². The number of carbonyl (C=O) groups excluding carboxylic acids is 1. The van der Waals surface area contributed by atoms with Crippen molar-refractivity contribution in [1.29, 1.82) is 0 Å². The molecule has 0 saturated carbocycles. The van der Waals surface area contributed by atoms with Crippen molar-refractivity contribution in [2.24, 2.45) is 0 Å². The maximum atomic E-state index is 12.2. The van der Waals surface area contributed by atoms with Gasteiger partial charge in [-0.15, -0.1) is 5.10 Å². The fourth-order valence-electron chi connectivity index (χ4n) is 2.10. The normalized spacial score (nSPS) is 11.1. The number of amides is 2. The van der Waals surface area contributed by atoms with Gasteiger partial charge in [-0.1, -0.05) is 41.9 Å². The van der Waals surface area contributed by atoms with Gasteiger partial charge in [0.15, 0.2) is 5.82 Å². The highest BCUT2D eigenvalue weighted by Crippen LogP contribution is 2.20. The summed E-state index contributed by atoms with van der Waals surface area (Å²) in [5, 5.41) is 6.56. The van der Waals surface area contributed by atoms with Crippen LogP contribution >= 0.6 is 11.6 Å². The summed E-state index contributed by atoms with van der Waals surface area (Å²) in [5.74, 6) is 0.204. The van der Waals surface area contributed by atoms with Crippen LogP contribution in [0.15, 0.2) is 71.8 Å². The molecular weight excluding hydrogens is 364 g/mol. The number of halogens is 1. The van der Waals surface area contributed by atoms with E-state index >= 15 is 0 Å². The Balaban J connectivity index is 1.71. The van der Waals surface area contributed by atoms with E-state index in [1.54, 1.807) is 23.0 Å². The minimum Gasteiger partial charge on any atom is -0.290 e. The van der Waals surface area contributed by atoms with Gasteiger partial charge in [-0.25, -0.2) is 22.6 Å². The Labute approximate surface area is 149 Å². The van der Waals surface area contributed by atoms with Gasteiger partial charge >= 0.3 is 6.03 Å². The molecule has 0 radical (unpaired) electrons. The van der Waals surface area contributed by atoms with Gasteiger partial charge < -0.3 is 0 Å². The Morgan fingerprint density at radius 2 is 1.68 bits per heavy atom. The third-order valence-corrected chi connectivity index (χ3v) is 5.04. The molecule has 0 fully saturated rings. The van der Waals surface area contributed by atoms with Gasteiger partial charge in [0, 0.05) is 12.3 Å². The van der Waals surface area contributed by atoms with Crippen LogP contribution in [-0.2, 0) is 10.0 Å². The zero-order valence-corrected chi connectivity index (χ0v) is 14.3. The molecule has 0 saturated heterocycles. The Morgan fingerprint density at radius 1 is 1.00 bits per heavy atom. The molecule has 2 amide bonds. The van der Waals surface area contributed by atoms with Crippen molar-refractivity contribution in [2.75, 3.05) is 5.32 Å². The van der Waals surface area contributed by atoms with Crippen molar-refractivity contribution < 1.29 is 13.2 Å². The maximum absolute atomic E-state index is 12.2. The minimum atomic E-state index is -4.08. The quantitative estimate of drug-likeness (QED) is 0.731. The molecule has 3 rings (SSSR count). The molecule has 25 heavy (non-hydrogen) atoms. The maximum Gasteiger partial charge on any atom is 0.334 e. The van der Waals surface area contributed by atoms with E-state index in [-0.39, 0.29) is 15.7 Å². The van der Waals surface area contributed by atoms with E-state index in [9.17, 15) is 13.2 Å². The summed E-state index contributed by atoms with van der Waals surface area (Å²) in [4.78, 5) is 11.8. The molecule has 0 aliphatic carbocycles. The number of nitrogens with one attached hydrogen (secondary N) is 2. The molecule has 0 bridgehead atoms. The van der Waals surface area contributed by atoms with Gasteiger partial charge in [0.05, 0.1) is 10.7 Å². The van der Waals surface area contributed by atoms with Crippen molar-refractivity contribution in [3.63, 3.8) is 0 Å². The number of rotatable bonds is 4. The topological polar surface area (TPSA) is 93.1 Å². The molecule has 7 nitrogen and oxygen atoms in total. The van der Waals surface area contributed by atoms with Crippen LogP contribution in [0, 0.1) is 0 Å². The Kier molecular flexibility index (Phi) is 4.73. The average molecular weight is 377 g/mol. The predicted molar refractivity (Wildman–Crippen MR) is 94.4 cm³/mol. The summed E-state index contributed by atoms with van der Waals surface area (Å²) >= 11 is 5.86. The zero-order valence-electron chi connectivity index (χ0n) is 12.8. The number of anilines is 1. The molecule has 9 heteroatoms. The van der Waals surface area contributed by atoms with E-state index in [1.165, 1.54) is 18.2 Å². The van der Waals surface area contributed by atoms with Crippen molar-refractivity contribution in [2.45, 2.75) is 4.90 Å². The molecule has 2 aromatic carbocycles. The van der Waals surface area contributed by atoms with Gasteiger partial charge in [-0.2, -0.15) is 0 Å². The van der Waals surface area contributed by atoms with E-state index in [0.29, 0.717) is 0 Å². The molecular formula is C16H13ClN4O3S. The second-order valence-corrected chi connectivity index (χ2v) is 7.03. The summed E-state index contributed by atoms with van der Waals surface area (Å²) in [7, 11) is -4.08. The predicted octanol–water partition coefficient (Wildman–Crippen LogP) is 3.04. The van der Waals surface area contributed by atoms with E-state index < -0.39 is 16.1 Å². The molecule has 128 valence electrons. The highest BCUT2D eigenvalue weighted by molar-refractivity contribution is 7.90. The van der Waals surface area contributed by atoms with E-state index in [1.807, 2.05) is 35.1 Å². The second-order valence-electron chi connectivity index (χ2n) is 4.97. The SMILES string of the molecule is O=C(Nc1ccn(-c2ccccc2)n1)NS(=O)(=O)c1ccccc1Cl. The van der Waals surface area contributed by atoms with Gasteiger partial charge in [-0.3, -0.25) is 5.32 Å². The van der Waals surface area contributed by atoms with Crippen molar-refractivity contribution in [3.8, 4) is 5.69 Å². The molecule has 1 heterocycles. The number of para-hydroxylation sites is 1. The number of aromatic nitrogens is 2. The van der Waals surface area contributed by atoms with Gasteiger partial charge in [0.1, 0.15) is 4.90 Å². The summed E-state index contributed by atoms with van der Waals surface area (Å²) in [6, 6.07) is 15.7. The fraction of sp³-hybridized carbons (Fsp3) is 0. The van der Waals surface area contributed by atoms with Crippen LogP contribution in [0.25, 0.3) is 5.69 Å². The first kappa shape index (κ1) is 17.0. The first-order valence-corrected chi connectivity index (χ1v) is 9.01. The molecule has 2 N–H and O–H groups in total. The number of carbonyl (C=O) groups is 1. The van der Waals surface area contributed by atoms with E-state index in [4.69, 9.17) is 11.6 Å². The molecule has 0 unspecified atom stereocenters. The summed E-state index contributed by atoms with van der Waals surface area (Å²) in [5.41, 5.74) is 0.805. The molecule has 0 aliphatic heterocycles. The third-order valence-electron chi connectivity index (χ3n) is 3.20. The summed E-state index contributed by atoms with van der Waals surface area (Å²) < 4.78 is 27.8. The minimum absolute atomic E-state index is 0.0242. The Hall–Kier alpha value is -2.84. The summed E-state index contributed by atoms with van der Waals surface area (Å²) in [6.07, 6.45) is 1.65. The number of hydrogen-bond acceptors (Lipinski definition) is 4. The smallest absolute Gasteiger partial charge is 0.290 e. The van der Waals surface area contributed by atoms with E-state index in [2.05, 4.69) is 10.4 Å². The Morgan fingerprint density at radius 3 is 2.40 bits per heavy atom. The van der Waals surface area contributed by atoms with Crippen LogP contribution in [0.4, 0.5) is 10.6 Å². The highest BCUT2D eigenvalue weighted by atomic mass is 35.5. The van der Waals surface area contributed by atoms with Crippen molar-refractivity contribution >= 4 is 33.5 Å². The number of hydrogen-bond donors (Lipinski definition) is 2. The lowest BCUT2D eigenvalue weighted by Crippen LogP contribution is -2.34. The van der Waals surface area contributed by atoms with Crippen LogP contribution in [0.3, 0.4) is 0 Å². The van der Waals surface area contributed by atoms with Crippen LogP contribution in [-0.4, -0.2) is 24.2 Å². The lowest BCUT2D eigenvalue weighted by atomic mass is 10.3. The van der Waals surface area contributed by atoms with Crippen LogP contribution in [0.2, 0.25) is 5.02 Å². The molecule has 0 atom stereocenters. The fourth-order valence-corrected chi connectivity index (χ4v) is 3.52. The van der Waals surface area contributed by atoms with Gasteiger partial charge in [0.25, 0.3) is 10.0 Å². The first-order valence-electron chi connectivity index (χ1n) is 7.15. The standard InChI is InChI=1S/C16H13ClN4O3S/c17-13-8-4-5-9-14(13)25(23,24)20-16(22)18-15-10-11-21(19-15)12-6-2-1-3-7-12/h1-11H,(H2,18,19,20,22). The lowest BCUT2D eigenvalue weighted by molar-refractivity contribution is 0.256. The molecule has 3 aromatic rings. The second kappa shape index (κ2) is 6.96. The number of urea groups is 1. The van der Waals surface area contributed by atoms with Crippen LogP contribution < -0.4 is 10.0 Å². The zero-order chi connectivity index (χ0) is 17.9. The first-order chi connectivity index (χ1) is 12.0. The van der Waals surface area contributed by atoms with Gasteiger partial charge in [0.2, 0.25) is 0 Å². The number of sulfonamides is 1. The van der Waals surface area contributed by atoms with Crippen molar-refractivity contribution in [3.05, 3.63) is 71.9 Å². The van der Waals surface area contributed by atoms with Crippen LogP contribution in [0.1, 0.15) is 0 Å². The lowest BCUT2D eigenvalue weighted by Gasteiger charge is -2.08. The number of benzene rings is 2. The molecule has 1 aromatic heterocycles. The molecule has 0 spiro atoms. The third kappa shape index (κ3) is 3.98. The monoisotopic (exact) mass is 376 g/mol. The summed E-state index contributed by atoms with van der Waals surface area (Å²) in [6.45, 7) is 0. The van der Waals surface area contributed by atoms with Crippen LogP contribution in [0.5, 0.6) is 0 Å². The number of nitrogens with zero attached hydrogens (tertiary/aromatic N) is 2. The average Bonchev–Trinajstić information content (AvgIpc) is 3.03. The highest BCUT2D eigenvalue weighted by Gasteiger charge is 2.20.